The second-order valence-electron chi connectivity index (χ2n) is 7.72. The Morgan fingerprint density at radius 2 is 1.72 bits per heavy atom. The third-order valence-electron chi connectivity index (χ3n) is 5.64. The summed E-state index contributed by atoms with van der Waals surface area (Å²) in [6.45, 7) is 0. The molecular weight excluding hydrogens is 407 g/mol. The zero-order chi connectivity index (χ0) is 20.8. The van der Waals surface area contributed by atoms with Gasteiger partial charge in [-0.1, -0.05) is 24.4 Å². The summed E-state index contributed by atoms with van der Waals surface area (Å²) < 4.78 is 71.5. The first-order valence-corrected chi connectivity index (χ1v) is 11.2. The molecule has 0 amide bonds. The van der Waals surface area contributed by atoms with E-state index in [9.17, 15) is 26.4 Å². The predicted octanol–water partition coefficient (Wildman–Crippen LogP) is 4.91. The summed E-state index contributed by atoms with van der Waals surface area (Å²) in [6, 6.07) is 2.31. The molecule has 1 aromatic heterocycles. The zero-order valence-corrected chi connectivity index (χ0v) is 16.4. The molecule has 5 nitrogen and oxygen atoms in total. The van der Waals surface area contributed by atoms with Crippen LogP contribution in [0.15, 0.2) is 33.8 Å². The second kappa shape index (κ2) is 7.27. The Balaban J connectivity index is 1.83. The van der Waals surface area contributed by atoms with Crippen LogP contribution < -0.4 is 0 Å². The fourth-order valence-corrected chi connectivity index (χ4v) is 5.95. The Bertz CT molecular complexity index is 1030. The summed E-state index contributed by atoms with van der Waals surface area (Å²) in [5.74, 6) is -0.253. The third kappa shape index (κ3) is 3.84. The molecule has 2 saturated carbocycles. The molecule has 9 heteroatoms. The maximum atomic E-state index is 13.3. The summed E-state index contributed by atoms with van der Waals surface area (Å²) in [5.41, 5.74) is -1.22. The van der Waals surface area contributed by atoms with Crippen LogP contribution in [0.2, 0.25) is 0 Å². The average Bonchev–Trinajstić information content (AvgIpc) is 3.43. The van der Waals surface area contributed by atoms with Crippen LogP contribution in [0.25, 0.3) is 0 Å². The van der Waals surface area contributed by atoms with Crippen LogP contribution in [0.5, 0.6) is 0 Å². The van der Waals surface area contributed by atoms with Crippen molar-refractivity contribution in [3.63, 3.8) is 0 Å². The quantitative estimate of drug-likeness (QED) is 0.634. The Morgan fingerprint density at radius 1 is 1.03 bits per heavy atom. The van der Waals surface area contributed by atoms with Crippen LogP contribution >= 0.6 is 0 Å². The minimum Gasteiger partial charge on any atom is -0.360 e. The van der Waals surface area contributed by atoms with E-state index >= 15 is 0 Å². The first kappa shape index (κ1) is 20.1. The molecule has 2 aliphatic carbocycles. The van der Waals surface area contributed by atoms with Gasteiger partial charge in [0.2, 0.25) is 0 Å². The zero-order valence-electron chi connectivity index (χ0n) is 15.5. The van der Waals surface area contributed by atoms with Crippen LogP contribution in [0.1, 0.15) is 78.1 Å². The number of sulfone groups is 1. The molecule has 2 aromatic rings. The van der Waals surface area contributed by atoms with E-state index in [1.807, 2.05) is 0 Å². The smallest absolute Gasteiger partial charge is 0.360 e. The molecule has 4 rings (SSSR count). The van der Waals surface area contributed by atoms with E-state index in [-0.39, 0.29) is 17.0 Å². The van der Waals surface area contributed by atoms with E-state index in [4.69, 9.17) is 4.52 Å². The molecule has 0 radical (unpaired) electrons. The van der Waals surface area contributed by atoms with Crippen molar-refractivity contribution in [2.75, 3.05) is 0 Å². The van der Waals surface area contributed by atoms with Crippen molar-refractivity contribution in [1.82, 2.24) is 5.16 Å². The topological polar surface area (TPSA) is 77.2 Å². The van der Waals surface area contributed by atoms with Gasteiger partial charge in [0.25, 0.3) is 0 Å². The highest BCUT2D eigenvalue weighted by Gasteiger charge is 2.39. The Morgan fingerprint density at radius 3 is 2.34 bits per heavy atom. The van der Waals surface area contributed by atoms with Crippen LogP contribution in [0.3, 0.4) is 0 Å². The largest absolute Gasteiger partial charge is 0.416 e. The van der Waals surface area contributed by atoms with Crippen LogP contribution in [0.4, 0.5) is 13.2 Å². The van der Waals surface area contributed by atoms with E-state index < -0.39 is 37.5 Å². The van der Waals surface area contributed by atoms with Crippen molar-refractivity contribution in [2.24, 2.45) is 0 Å². The van der Waals surface area contributed by atoms with Gasteiger partial charge in [0, 0.05) is 11.5 Å². The first-order valence-electron chi connectivity index (χ1n) is 9.64. The monoisotopic (exact) mass is 427 g/mol. The van der Waals surface area contributed by atoms with E-state index in [0.717, 1.165) is 31.4 Å². The fraction of sp³-hybridized carbons (Fsp3) is 0.500. The van der Waals surface area contributed by atoms with Crippen molar-refractivity contribution in [2.45, 2.75) is 67.2 Å². The number of alkyl halides is 3. The van der Waals surface area contributed by atoms with Gasteiger partial charge in [-0.25, -0.2) is 8.42 Å². The lowest BCUT2D eigenvalue weighted by atomic mass is 10.0. The normalized spacial score (nSPS) is 18.7. The van der Waals surface area contributed by atoms with Gasteiger partial charge in [0.1, 0.15) is 0 Å². The average molecular weight is 427 g/mol. The molecule has 1 heterocycles. The van der Waals surface area contributed by atoms with Gasteiger partial charge in [-0.3, -0.25) is 4.79 Å². The molecule has 29 heavy (non-hydrogen) atoms. The van der Waals surface area contributed by atoms with Crippen LogP contribution in [0, 0.1) is 0 Å². The highest BCUT2D eigenvalue weighted by molar-refractivity contribution is 7.92. The summed E-state index contributed by atoms with van der Waals surface area (Å²) in [5, 5.41) is 2.86. The lowest BCUT2D eigenvalue weighted by Gasteiger charge is -2.23. The number of nitrogens with zero attached hydrogens (tertiary/aromatic N) is 1. The standard InChI is InChI=1S/C20H20F3NO4S/c21-20(22,23)13-8-9-15(18(25)16-11-24-28-19(16)12-6-7-12)17(10-13)29(26,27)14-4-2-1-3-5-14/h8-12,14H,1-7H2. The minimum absolute atomic E-state index is 0.0456. The number of carbonyl (C=O) groups excluding carboxylic acids is 1. The van der Waals surface area contributed by atoms with E-state index in [1.54, 1.807) is 0 Å². The summed E-state index contributed by atoms with van der Waals surface area (Å²) in [6.07, 6.45) is 1.21. The maximum Gasteiger partial charge on any atom is 0.416 e. The number of ketones is 1. The molecule has 0 unspecified atom stereocenters. The number of rotatable bonds is 5. The number of aromatic nitrogens is 1. The van der Waals surface area contributed by atoms with Crippen molar-refractivity contribution < 1.29 is 30.9 Å². The van der Waals surface area contributed by atoms with Gasteiger partial charge in [0.05, 0.1) is 27.5 Å². The van der Waals surface area contributed by atoms with Crippen molar-refractivity contribution in [3.8, 4) is 0 Å². The number of halogens is 3. The van der Waals surface area contributed by atoms with Crippen molar-refractivity contribution in [3.05, 3.63) is 46.8 Å². The third-order valence-corrected chi connectivity index (χ3v) is 7.94. The van der Waals surface area contributed by atoms with Gasteiger partial charge in [-0.15, -0.1) is 0 Å². The molecule has 0 N–H and O–H groups in total. The highest BCUT2D eigenvalue weighted by atomic mass is 32.2. The lowest BCUT2D eigenvalue weighted by Crippen LogP contribution is -2.26. The molecule has 2 aliphatic rings. The Kier molecular flexibility index (Phi) is 5.04. The summed E-state index contributed by atoms with van der Waals surface area (Å²) in [4.78, 5) is 12.6. The number of hydrogen-bond acceptors (Lipinski definition) is 5. The molecule has 0 atom stereocenters. The Labute approximate surface area is 166 Å². The van der Waals surface area contributed by atoms with Crippen LogP contribution in [-0.2, 0) is 16.0 Å². The van der Waals surface area contributed by atoms with E-state index in [2.05, 4.69) is 5.16 Å². The lowest BCUT2D eigenvalue weighted by molar-refractivity contribution is -0.137. The molecule has 0 bridgehead atoms. The Hall–Kier alpha value is -2.16. The van der Waals surface area contributed by atoms with Gasteiger partial charge in [0.15, 0.2) is 21.4 Å². The fourth-order valence-electron chi connectivity index (χ4n) is 3.88. The number of hydrogen-bond donors (Lipinski definition) is 0. The molecular formula is C20H20F3NO4S. The summed E-state index contributed by atoms with van der Waals surface area (Å²) in [7, 11) is -4.10. The highest BCUT2D eigenvalue weighted by Crippen LogP contribution is 2.43. The summed E-state index contributed by atoms with van der Waals surface area (Å²) >= 11 is 0. The number of carbonyl (C=O) groups is 1. The second-order valence-corrected chi connectivity index (χ2v) is 9.92. The molecule has 0 spiro atoms. The molecule has 1 aromatic carbocycles. The van der Waals surface area contributed by atoms with Gasteiger partial charge in [-0.05, 0) is 43.9 Å². The van der Waals surface area contributed by atoms with Crippen molar-refractivity contribution >= 4 is 15.6 Å². The molecule has 0 aliphatic heterocycles. The van der Waals surface area contributed by atoms with E-state index in [1.165, 1.54) is 6.20 Å². The predicted molar refractivity (Wildman–Crippen MR) is 97.4 cm³/mol. The maximum absolute atomic E-state index is 13.3. The number of benzene rings is 1. The van der Waals surface area contributed by atoms with E-state index in [0.29, 0.717) is 37.5 Å². The van der Waals surface area contributed by atoms with Crippen LogP contribution in [-0.4, -0.2) is 24.6 Å². The van der Waals surface area contributed by atoms with Gasteiger partial charge in [-0.2, -0.15) is 13.2 Å². The minimum atomic E-state index is -4.71. The SMILES string of the molecule is O=C(c1ccc(C(F)(F)F)cc1S(=O)(=O)C1CCCCC1)c1cnoc1C1CC1. The van der Waals surface area contributed by atoms with Gasteiger partial charge >= 0.3 is 6.18 Å². The van der Waals surface area contributed by atoms with Gasteiger partial charge < -0.3 is 4.52 Å². The molecule has 0 saturated heterocycles. The molecule has 156 valence electrons. The molecule has 2 fully saturated rings. The first-order chi connectivity index (χ1) is 13.7. The van der Waals surface area contributed by atoms with Crippen molar-refractivity contribution in [1.29, 1.82) is 0 Å².